The molecule has 0 aliphatic heterocycles. The molecular weight excluding hydrogens is 466 g/mol. The van der Waals surface area contributed by atoms with E-state index in [1.165, 1.54) is 28.8 Å². The Hall–Kier alpha value is -3.07. The number of hydrogen-bond acceptors (Lipinski definition) is 7. The molecule has 0 saturated carbocycles. The number of phenolic OH excluding ortho intramolecular Hbond substituents is 1. The van der Waals surface area contributed by atoms with E-state index in [-0.39, 0.29) is 16.4 Å². The van der Waals surface area contributed by atoms with Crippen molar-refractivity contribution in [1.82, 2.24) is 14.8 Å². The van der Waals surface area contributed by atoms with Crippen molar-refractivity contribution in [3.8, 4) is 11.4 Å². The minimum Gasteiger partial charge on any atom is -0.506 e. The highest BCUT2D eigenvalue weighted by molar-refractivity contribution is 7.98. The number of aromatic nitrogens is 3. The van der Waals surface area contributed by atoms with Crippen LogP contribution in [0, 0.1) is 0 Å². The van der Waals surface area contributed by atoms with E-state index in [4.69, 9.17) is 16.0 Å². The van der Waals surface area contributed by atoms with Gasteiger partial charge in [0.25, 0.3) is 0 Å². The number of benzene rings is 2. The first-order chi connectivity index (χ1) is 15.6. The van der Waals surface area contributed by atoms with Gasteiger partial charge >= 0.3 is 5.63 Å². The van der Waals surface area contributed by atoms with E-state index >= 15 is 0 Å². The van der Waals surface area contributed by atoms with E-state index in [1.54, 1.807) is 17.4 Å². The molecule has 0 radical (unpaired) electrons. The minimum atomic E-state index is -0.488. The van der Waals surface area contributed by atoms with E-state index in [0.29, 0.717) is 22.7 Å². The Kier molecular flexibility index (Phi) is 5.73. The molecule has 0 bridgehead atoms. The van der Waals surface area contributed by atoms with Crippen molar-refractivity contribution in [2.45, 2.75) is 17.3 Å². The second kappa shape index (κ2) is 8.82. The van der Waals surface area contributed by atoms with Crippen LogP contribution in [0.5, 0.6) is 5.75 Å². The molecule has 0 saturated heterocycles. The van der Waals surface area contributed by atoms with E-state index in [9.17, 15) is 9.90 Å². The first-order valence-electron chi connectivity index (χ1n) is 9.68. The molecule has 5 aromatic rings. The van der Waals surface area contributed by atoms with Crippen LogP contribution in [0.1, 0.15) is 16.3 Å². The highest BCUT2D eigenvalue weighted by Gasteiger charge is 2.17. The Balaban J connectivity index is 1.52. The van der Waals surface area contributed by atoms with Gasteiger partial charge in [0.05, 0.1) is 5.02 Å². The maximum atomic E-state index is 12.1. The van der Waals surface area contributed by atoms with Gasteiger partial charge < -0.3 is 9.52 Å². The number of halogens is 1. The Bertz CT molecular complexity index is 1450. The van der Waals surface area contributed by atoms with Gasteiger partial charge in [-0.15, -0.1) is 21.5 Å². The number of nitrogens with zero attached hydrogens (tertiary/aromatic N) is 3. The van der Waals surface area contributed by atoms with Crippen LogP contribution in [0.25, 0.3) is 16.7 Å². The fourth-order valence-corrected chi connectivity index (χ4v) is 5.24. The number of thiophene rings is 1. The van der Waals surface area contributed by atoms with Crippen molar-refractivity contribution in [3.63, 3.8) is 0 Å². The molecule has 0 spiro atoms. The largest absolute Gasteiger partial charge is 0.506 e. The van der Waals surface area contributed by atoms with Crippen LogP contribution in [0.15, 0.2) is 80.4 Å². The molecule has 0 aliphatic carbocycles. The standard InChI is InChI=1S/C23H16ClN3O3S2/c24-18-11-17-14(9-22(29)30-20(17)12-19(18)28)13-32-23-26-25-21(10-16-7-4-8-31-16)27(23)15-5-2-1-3-6-15/h1-9,11-12,28H,10,13H2. The predicted molar refractivity (Wildman–Crippen MR) is 127 cm³/mol. The van der Waals surface area contributed by atoms with E-state index < -0.39 is 5.63 Å². The first kappa shape index (κ1) is 20.8. The SMILES string of the molecule is O=c1cc(CSc2nnc(Cc3cccs3)n2-c2ccccc2)c2cc(Cl)c(O)cc2o1. The van der Waals surface area contributed by atoms with Crippen molar-refractivity contribution in [1.29, 1.82) is 0 Å². The first-order valence-corrected chi connectivity index (χ1v) is 11.9. The zero-order valence-electron chi connectivity index (χ0n) is 16.6. The Labute approximate surface area is 196 Å². The van der Waals surface area contributed by atoms with E-state index in [2.05, 4.69) is 16.3 Å². The average Bonchev–Trinajstić information content (AvgIpc) is 3.44. The summed E-state index contributed by atoms with van der Waals surface area (Å²) in [5.41, 5.74) is 1.51. The van der Waals surface area contributed by atoms with Gasteiger partial charge in [-0.05, 0) is 35.2 Å². The summed E-state index contributed by atoms with van der Waals surface area (Å²) in [6.07, 6.45) is 0.673. The van der Waals surface area contributed by atoms with Gasteiger partial charge in [0.2, 0.25) is 0 Å². The molecule has 0 unspecified atom stereocenters. The predicted octanol–water partition coefficient (Wildman–Crippen LogP) is 5.68. The fourth-order valence-electron chi connectivity index (χ4n) is 3.41. The Morgan fingerprint density at radius 3 is 2.72 bits per heavy atom. The fraction of sp³-hybridized carbons (Fsp3) is 0.0870. The lowest BCUT2D eigenvalue weighted by Gasteiger charge is -2.10. The molecule has 0 amide bonds. The van der Waals surface area contributed by atoms with Gasteiger partial charge in [0, 0.05) is 40.3 Å². The topological polar surface area (TPSA) is 81.2 Å². The molecule has 2 aromatic carbocycles. The number of hydrogen-bond donors (Lipinski definition) is 1. The second-order valence-electron chi connectivity index (χ2n) is 7.01. The number of fused-ring (bicyclic) bond motifs is 1. The molecule has 0 atom stereocenters. The van der Waals surface area contributed by atoms with E-state index in [1.807, 2.05) is 46.3 Å². The highest BCUT2D eigenvalue weighted by atomic mass is 35.5. The molecule has 3 aromatic heterocycles. The molecule has 32 heavy (non-hydrogen) atoms. The summed E-state index contributed by atoms with van der Waals surface area (Å²) in [6.45, 7) is 0. The third-order valence-corrected chi connectivity index (χ3v) is 7.04. The van der Waals surface area contributed by atoms with Crippen LogP contribution < -0.4 is 5.63 Å². The van der Waals surface area contributed by atoms with Crippen molar-refractivity contribution < 1.29 is 9.52 Å². The van der Waals surface area contributed by atoms with E-state index in [0.717, 1.165) is 17.1 Å². The average molecular weight is 482 g/mol. The number of para-hydroxylation sites is 1. The highest BCUT2D eigenvalue weighted by Crippen LogP contribution is 2.33. The molecule has 6 nitrogen and oxygen atoms in total. The Morgan fingerprint density at radius 1 is 1.09 bits per heavy atom. The second-order valence-corrected chi connectivity index (χ2v) is 9.39. The summed E-state index contributed by atoms with van der Waals surface area (Å²) in [5, 5.41) is 22.4. The molecule has 3 heterocycles. The molecule has 5 rings (SSSR count). The summed E-state index contributed by atoms with van der Waals surface area (Å²) in [7, 11) is 0. The van der Waals surface area contributed by atoms with Crippen LogP contribution in [-0.2, 0) is 12.2 Å². The van der Waals surface area contributed by atoms with Crippen LogP contribution >= 0.6 is 34.7 Å². The maximum absolute atomic E-state index is 12.1. The lowest BCUT2D eigenvalue weighted by atomic mass is 10.1. The van der Waals surface area contributed by atoms with Crippen LogP contribution in [0.3, 0.4) is 0 Å². The molecule has 0 aliphatic rings. The molecule has 0 fully saturated rings. The monoisotopic (exact) mass is 481 g/mol. The van der Waals surface area contributed by atoms with Crippen molar-refractivity contribution in [3.05, 3.63) is 97.8 Å². The van der Waals surface area contributed by atoms with Gasteiger partial charge in [-0.1, -0.05) is 47.6 Å². The van der Waals surface area contributed by atoms with Gasteiger partial charge in [0.1, 0.15) is 17.2 Å². The smallest absolute Gasteiger partial charge is 0.336 e. The van der Waals surface area contributed by atoms with Gasteiger partial charge in [-0.2, -0.15) is 0 Å². The zero-order chi connectivity index (χ0) is 22.1. The van der Waals surface area contributed by atoms with Crippen molar-refractivity contribution in [2.75, 3.05) is 0 Å². The summed E-state index contributed by atoms with van der Waals surface area (Å²) in [6, 6.07) is 18.5. The Morgan fingerprint density at radius 2 is 1.94 bits per heavy atom. The quantitative estimate of drug-likeness (QED) is 0.248. The molecular formula is C23H16ClN3O3S2. The van der Waals surface area contributed by atoms with Crippen LogP contribution in [0.2, 0.25) is 5.02 Å². The summed E-state index contributed by atoms with van der Waals surface area (Å²) >= 11 is 9.24. The van der Waals surface area contributed by atoms with Gasteiger partial charge in [0.15, 0.2) is 5.16 Å². The number of thioether (sulfide) groups is 1. The van der Waals surface area contributed by atoms with Crippen molar-refractivity contribution >= 4 is 45.7 Å². The number of aromatic hydroxyl groups is 1. The van der Waals surface area contributed by atoms with Crippen molar-refractivity contribution in [2.24, 2.45) is 0 Å². The van der Waals surface area contributed by atoms with Crippen LogP contribution in [0.4, 0.5) is 0 Å². The molecule has 160 valence electrons. The molecule has 1 N–H and O–H groups in total. The summed E-state index contributed by atoms with van der Waals surface area (Å²) < 4.78 is 7.27. The number of phenols is 1. The molecule has 9 heteroatoms. The third-order valence-electron chi connectivity index (χ3n) is 4.88. The summed E-state index contributed by atoms with van der Waals surface area (Å²) in [4.78, 5) is 13.3. The summed E-state index contributed by atoms with van der Waals surface area (Å²) in [5.74, 6) is 1.16. The normalized spacial score (nSPS) is 11.3. The maximum Gasteiger partial charge on any atom is 0.336 e. The third kappa shape index (κ3) is 4.17. The van der Waals surface area contributed by atoms with Gasteiger partial charge in [-0.25, -0.2) is 4.79 Å². The minimum absolute atomic E-state index is 0.130. The lowest BCUT2D eigenvalue weighted by Crippen LogP contribution is -2.04. The zero-order valence-corrected chi connectivity index (χ0v) is 19.0. The lowest BCUT2D eigenvalue weighted by molar-refractivity contribution is 0.473. The van der Waals surface area contributed by atoms with Crippen LogP contribution in [-0.4, -0.2) is 19.9 Å². The number of rotatable bonds is 6. The van der Waals surface area contributed by atoms with Gasteiger partial charge in [-0.3, -0.25) is 4.57 Å².